The second kappa shape index (κ2) is 6.90. The molecule has 110 valence electrons. The molecule has 0 unspecified atom stereocenters. The molecule has 0 radical (unpaired) electrons. The number of nitrogens with zero attached hydrogens (tertiary/aromatic N) is 2. The van der Waals surface area contributed by atoms with E-state index in [9.17, 15) is 10.1 Å². The predicted octanol–water partition coefficient (Wildman–Crippen LogP) is 3.32. The number of aromatic nitrogens is 1. The van der Waals surface area contributed by atoms with Crippen LogP contribution in [0.4, 0.5) is 5.69 Å². The van der Waals surface area contributed by atoms with Crippen molar-refractivity contribution < 1.29 is 14.4 Å². The molecule has 6 nitrogen and oxygen atoms in total. The highest BCUT2D eigenvalue weighted by atomic mass is 35.5. The molecule has 0 N–H and O–H groups in total. The summed E-state index contributed by atoms with van der Waals surface area (Å²) in [5.74, 6) is 0.847. The highest BCUT2D eigenvalue weighted by molar-refractivity contribution is 6.17. The molecule has 0 aliphatic heterocycles. The Balaban J connectivity index is 2.17. The van der Waals surface area contributed by atoms with Crippen molar-refractivity contribution in [3.8, 4) is 11.6 Å². The van der Waals surface area contributed by atoms with Gasteiger partial charge >= 0.3 is 5.69 Å². The van der Waals surface area contributed by atoms with Gasteiger partial charge in [-0.2, -0.15) is 0 Å². The van der Waals surface area contributed by atoms with Crippen molar-refractivity contribution in [2.45, 2.75) is 12.5 Å². The van der Waals surface area contributed by atoms with Crippen LogP contribution in [0.5, 0.6) is 11.6 Å². The van der Waals surface area contributed by atoms with Gasteiger partial charge in [0.25, 0.3) is 0 Å². The molecule has 7 heteroatoms. The Morgan fingerprint density at radius 1 is 1.33 bits per heavy atom. The number of pyridine rings is 1. The first-order chi connectivity index (χ1) is 10.1. The summed E-state index contributed by atoms with van der Waals surface area (Å²) in [6, 6.07) is 9.87. The van der Waals surface area contributed by atoms with Crippen LogP contribution in [0, 0.1) is 10.1 Å². The normalized spacial score (nSPS) is 10.2. The van der Waals surface area contributed by atoms with E-state index >= 15 is 0 Å². The fourth-order valence-corrected chi connectivity index (χ4v) is 1.88. The van der Waals surface area contributed by atoms with Gasteiger partial charge in [-0.1, -0.05) is 12.1 Å². The number of hydrogen-bond donors (Lipinski definition) is 0. The van der Waals surface area contributed by atoms with Gasteiger partial charge in [-0.05, 0) is 17.7 Å². The maximum atomic E-state index is 11.0. The van der Waals surface area contributed by atoms with Crippen LogP contribution in [0.15, 0.2) is 36.4 Å². The minimum absolute atomic E-state index is 0.109. The summed E-state index contributed by atoms with van der Waals surface area (Å²) in [5, 5.41) is 11.0. The van der Waals surface area contributed by atoms with Crippen LogP contribution in [0.2, 0.25) is 0 Å². The summed E-state index contributed by atoms with van der Waals surface area (Å²) in [6.45, 7) is 0.109. The van der Waals surface area contributed by atoms with E-state index in [4.69, 9.17) is 21.1 Å². The fraction of sp³-hybridized carbons (Fsp3) is 0.214. The SMILES string of the molecule is COc1cccc(COc2ccc(CCl)cc2[N+](=O)[O-])n1. The van der Waals surface area contributed by atoms with Crippen molar-refractivity contribution in [1.82, 2.24) is 4.98 Å². The van der Waals surface area contributed by atoms with Crippen LogP contribution in [0.25, 0.3) is 0 Å². The Hall–Kier alpha value is -2.34. The van der Waals surface area contributed by atoms with Crippen molar-refractivity contribution in [2.24, 2.45) is 0 Å². The van der Waals surface area contributed by atoms with E-state index in [1.165, 1.54) is 19.2 Å². The Kier molecular flexibility index (Phi) is 4.94. The van der Waals surface area contributed by atoms with E-state index in [1.807, 2.05) is 0 Å². The third-order valence-electron chi connectivity index (χ3n) is 2.74. The predicted molar refractivity (Wildman–Crippen MR) is 77.8 cm³/mol. The third-order valence-corrected chi connectivity index (χ3v) is 3.05. The molecule has 2 aromatic rings. The van der Waals surface area contributed by atoms with Gasteiger partial charge in [-0.15, -0.1) is 11.6 Å². The monoisotopic (exact) mass is 308 g/mol. The average Bonchev–Trinajstić information content (AvgIpc) is 2.52. The summed E-state index contributed by atoms with van der Waals surface area (Å²) in [4.78, 5) is 14.7. The molecule has 0 saturated carbocycles. The van der Waals surface area contributed by atoms with Crippen LogP contribution >= 0.6 is 11.6 Å². The maximum absolute atomic E-state index is 11.0. The van der Waals surface area contributed by atoms with Crippen LogP contribution in [0.1, 0.15) is 11.3 Å². The number of methoxy groups -OCH3 is 1. The minimum atomic E-state index is -0.496. The lowest BCUT2D eigenvalue weighted by Gasteiger charge is -2.08. The van der Waals surface area contributed by atoms with Crippen molar-refractivity contribution in [3.63, 3.8) is 0 Å². The van der Waals surface area contributed by atoms with E-state index in [2.05, 4.69) is 4.98 Å². The van der Waals surface area contributed by atoms with Gasteiger partial charge in [0.05, 0.1) is 17.7 Å². The lowest BCUT2D eigenvalue weighted by molar-refractivity contribution is -0.386. The zero-order valence-electron chi connectivity index (χ0n) is 11.3. The zero-order chi connectivity index (χ0) is 15.2. The molecule has 2 rings (SSSR count). The Labute approximate surface area is 126 Å². The Morgan fingerprint density at radius 2 is 2.14 bits per heavy atom. The largest absolute Gasteiger partial charge is 0.481 e. The number of rotatable bonds is 6. The van der Waals surface area contributed by atoms with Crippen LogP contribution in [-0.2, 0) is 12.5 Å². The number of halogens is 1. The smallest absolute Gasteiger partial charge is 0.311 e. The summed E-state index contributed by atoms with van der Waals surface area (Å²) < 4.78 is 10.5. The Bertz CT molecular complexity index is 649. The van der Waals surface area contributed by atoms with E-state index < -0.39 is 4.92 Å². The van der Waals surface area contributed by atoms with Gasteiger partial charge < -0.3 is 9.47 Å². The molecule has 0 aliphatic rings. The van der Waals surface area contributed by atoms with Gasteiger partial charge in [0.1, 0.15) is 6.61 Å². The first-order valence-electron chi connectivity index (χ1n) is 6.10. The first kappa shape index (κ1) is 15.1. The second-order valence-corrected chi connectivity index (χ2v) is 4.42. The van der Waals surface area contributed by atoms with Crippen molar-refractivity contribution in [2.75, 3.05) is 7.11 Å². The minimum Gasteiger partial charge on any atom is -0.481 e. The van der Waals surface area contributed by atoms with Crippen molar-refractivity contribution >= 4 is 17.3 Å². The van der Waals surface area contributed by atoms with Crippen molar-refractivity contribution in [3.05, 3.63) is 57.8 Å². The lowest BCUT2D eigenvalue weighted by Crippen LogP contribution is -2.02. The maximum Gasteiger partial charge on any atom is 0.311 e. The number of hydrogen-bond acceptors (Lipinski definition) is 5. The standard InChI is InChI=1S/C14H13ClN2O4/c1-20-14-4-2-3-11(16-14)9-21-13-6-5-10(8-15)7-12(13)17(18)19/h2-7H,8-9H2,1H3. The number of ether oxygens (including phenoxy) is 2. The highest BCUT2D eigenvalue weighted by Crippen LogP contribution is 2.29. The molecule has 0 aliphatic carbocycles. The average molecular weight is 309 g/mol. The van der Waals surface area contributed by atoms with Gasteiger partial charge in [0.2, 0.25) is 5.88 Å². The van der Waals surface area contributed by atoms with Gasteiger partial charge in [0, 0.05) is 18.0 Å². The topological polar surface area (TPSA) is 74.5 Å². The van der Waals surface area contributed by atoms with Crippen LogP contribution in [0.3, 0.4) is 0 Å². The van der Waals surface area contributed by atoms with Gasteiger partial charge in [-0.25, -0.2) is 4.98 Å². The molecular weight excluding hydrogens is 296 g/mol. The van der Waals surface area contributed by atoms with Gasteiger partial charge in [-0.3, -0.25) is 10.1 Å². The van der Waals surface area contributed by atoms with E-state index in [0.717, 1.165) is 0 Å². The lowest BCUT2D eigenvalue weighted by atomic mass is 10.2. The molecule has 0 fully saturated rings. The molecule has 0 spiro atoms. The first-order valence-corrected chi connectivity index (χ1v) is 6.63. The summed E-state index contributed by atoms with van der Waals surface area (Å²) in [6.07, 6.45) is 0. The molecular formula is C14H13ClN2O4. The molecule has 21 heavy (non-hydrogen) atoms. The summed E-state index contributed by atoms with van der Waals surface area (Å²) in [7, 11) is 1.52. The molecule has 0 atom stereocenters. The fourth-order valence-electron chi connectivity index (χ4n) is 1.71. The van der Waals surface area contributed by atoms with E-state index in [-0.39, 0.29) is 23.9 Å². The molecule has 1 aromatic carbocycles. The van der Waals surface area contributed by atoms with E-state index in [0.29, 0.717) is 17.1 Å². The van der Waals surface area contributed by atoms with Crippen LogP contribution in [-0.4, -0.2) is 17.0 Å². The molecule has 0 amide bonds. The number of benzene rings is 1. The summed E-state index contributed by atoms with van der Waals surface area (Å²) >= 11 is 5.67. The number of nitro benzene ring substituents is 1. The van der Waals surface area contributed by atoms with Crippen LogP contribution < -0.4 is 9.47 Å². The second-order valence-electron chi connectivity index (χ2n) is 4.15. The molecule has 1 heterocycles. The van der Waals surface area contributed by atoms with E-state index in [1.54, 1.807) is 24.3 Å². The summed E-state index contributed by atoms with van der Waals surface area (Å²) in [5.41, 5.74) is 1.16. The zero-order valence-corrected chi connectivity index (χ0v) is 12.0. The molecule has 1 aromatic heterocycles. The molecule has 0 bridgehead atoms. The molecule has 0 saturated heterocycles. The number of alkyl halides is 1. The quantitative estimate of drug-likeness (QED) is 0.465. The Morgan fingerprint density at radius 3 is 2.81 bits per heavy atom. The highest BCUT2D eigenvalue weighted by Gasteiger charge is 2.16. The number of nitro groups is 1. The van der Waals surface area contributed by atoms with Crippen molar-refractivity contribution in [1.29, 1.82) is 0 Å². The third kappa shape index (κ3) is 3.82. The van der Waals surface area contributed by atoms with Gasteiger partial charge in [0.15, 0.2) is 5.75 Å².